The summed E-state index contributed by atoms with van der Waals surface area (Å²) in [6.45, 7) is 4.41. The Kier molecular flexibility index (Phi) is 8.02. The van der Waals surface area contributed by atoms with Crippen LogP contribution in [0.1, 0.15) is 25.0 Å². The van der Waals surface area contributed by atoms with Crippen LogP contribution in [0.3, 0.4) is 0 Å². The molecule has 0 N–H and O–H groups in total. The quantitative estimate of drug-likeness (QED) is 0.533. The lowest BCUT2D eigenvalue weighted by atomic mass is 10.1. The van der Waals surface area contributed by atoms with Gasteiger partial charge in [-0.1, -0.05) is 24.3 Å². The first-order valence-corrected chi connectivity index (χ1v) is 10.9. The van der Waals surface area contributed by atoms with E-state index < -0.39 is 16.2 Å². The maximum Gasteiger partial charge on any atom is 0.306 e. The lowest BCUT2D eigenvalue weighted by Crippen LogP contribution is -2.24. The molecule has 28 heavy (non-hydrogen) atoms. The number of carbonyl (C=O) groups excluding carboxylic acids is 1. The van der Waals surface area contributed by atoms with E-state index in [1.807, 2.05) is 43.3 Å². The lowest BCUT2D eigenvalue weighted by molar-refractivity contribution is -0.127. The Morgan fingerprint density at radius 3 is 2.07 bits per heavy atom. The molecular weight excluding hydrogens is 380 g/mol. The van der Waals surface area contributed by atoms with Crippen molar-refractivity contribution in [2.45, 2.75) is 32.8 Å². The maximum absolute atomic E-state index is 11.6. The third-order valence-electron chi connectivity index (χ3n) is 4.00. The van der Waals surface area contributed by atoms with Crippen LogP contribution in [0, 0.1) is 0 Å². The summed E-state index contributed by atoms with van der Waals surface area (Å²) in [7, 11) is -3.51. The van der Waals surface area contributed by atoms with Crippen LogP contribution >= 0.6 is 0 Å². The van der Waals surface area contributed by atoms with Gasteiger partial charge in [0.25, 0.3) is 0 Å². The highest BCUT2D eigenvalue weighted by Gasteiger charge is 2.14. The molecular formula is C21H26O6S. The molecule has 0 radical (unpaired) electrons. The van der Waals surface area contributed by atoms with Gasteiger partial charge in [-0.2, -0.15) is 8.42 Å². The molecule has 6 nitrogen and oxygen atoms in total. The first-order chi connectivity index (χ1) is 13.3. The Morgan fingerprint density at radius 1 is 0.964 bits per heavy atom. The summed E-state index contributed by atoms with van der Waals surface area (Å²) in [6, 6.07) is 14.5. The second kappa shape index (κ2) is 10.2. The third kappa shape index (κ3) is 7.70. The SMILES string of the molecule is CCO[C@@H](Cc1ccc(OCCc2ccc(OS(C)(=O)=O)cc2)cc1)C(C)=O. The zero-order valence-electron chi connectivity index (χ0n) is 16.4. The number of carbonyl (C=O) groups is 1. The summed E-state index contributed by atoms with van der Waals surface area (Å²) in [6.07, 6.45) is 1.83. The zero-order valence-corrected chi connectivity index (χ0v) is 17.2. The van der Waals surface area contributed by atoms with Crippen LogP contribution in [0.2, 0.25) is 0 Å². The molecule has 0 unspecified atom stereocenters. The van der Waals surface area contributed by atoms with E-state index in [1.165, 1.54) is 6.92 Å². The summed E-state index contributed by atoms with van der Waals surface area (Å²) < 4.78 is 38.2. The number of hydrogen-bond acceptors (Lipinski definition) is 6. The number of ether oxygens (including phenoxy) is 2. The van der Waals surface area contributed by atoms with Crippen LogP contribution in [0.25, 0.3) is 0 Å². The van der Waals surface area contributed by atoms with Gasteiger partial charge in [0.05, 0.1) is 12.9 Å². The second-order valence-corrected chi connectivity index (χ2v) is 8.01. The molecule has 152 valence electrons. The fourth-order valence-electron chi connectivity index (χ4n) is 2.63. The van der Waals surface area contributed by atoms with E-state index in [9.17, 15) is 13.2 Å². The molecule has 2 aromatic carbocycles. The highest BCUT2D eigenvalue weighted by Crippen LogP contribution is 2.17. The van der Waals surface area contributed by atoms with Crippen LogP contribution in [-0.4, -0.2) is 39.8 Å². The van der Waals surface area contributed by atoms with E-state index in [0.29, 0.717) is 31.8 Å². The Labute approximate surface area is 166 Å². The van der Waals surface area contributed by atoms with Crippen molar-refractivity contribution in [2.75, 3.05) is 19.5 Å². The molecule has 2 rings (SSSR count). The van der Waals surface area contributed by atoms with Gasteiger partial charge in [0, 0.05) is 19.4 Å². The number of hydrogen-bond donors (Lipinski definition) is 0. The van der Waals surface area contributed by atoms with Crippen LogP contribution < -0.4 is 8.92 Å². The van der Waals surface area contributed by atoms with E-state index in [1.54, 1.807) is 12.1 Å². The van der Waals surface area contributed by atoms with Gasteiger partial charge in [0.15, 0.2) is 5.78 Å². The van der Waals surface area contributed by atoms with Crippen molar-refractivity contribution in [3.8, 4) is 11.5 Å². The molecule has 0 amide bonds. The summed E-state index contributed by atoms with van der Waals surface area (Å²) in [4.78, 5) is 11.6. The van der Waals surface area contributed by atoms with Gasteiger partial charge < -0.3 is 13.7 Å². The molecule has 0 saturated carbocycles. The molecule has 0 bridgehead atoms. The van der Waals surface area contributed by atoms with Crippen molar-refractivity contribution < 1.29 is 26.9 Å². The van der Waals surface area contributed by atoms with Gasteiger partial charge in [-0.25, -0.2) is 0 Å². The average Bonchev–Trinajstić information content (AvgIpc) is 2.63. The molecule has 0 aliphatic rings. The smallest absolute Gasteiger partial charge is 0.306 e. The minimum Gasteiger partial charge on any atom is -0.493 e. The predicted molar refractivity (Wildman–Crippen MR) is 107 cm³/mol. The normalized spacial score (nSPS) is 12.4. The fraction of sp³-hybridized carbons (Fsp3) is 0.381. The summed E-state index contributed by atoms with van der Waals surface area (Å²) in [5.74, 6) is 1.06. The predicted octanol–water partition coefficient (Wildman–Crippen LogP) is 3.18. The molecule has 2 aromatic rings. The minimum absolute atomic E-state index is 0.0233. The van der Waals surface area contributed by atoms with Crippen molar-refractivity contribution in [2.24, 2.45) is 0 Å². The topological polar surface area (TPSA) is 78.9 Å². The van der Waals surface area contributed by atoms with Gasteiger partial charge >= 0.3 is 10.1 Å². The second-order valence-electron chi connectivity index (χ2n) is 6.43. The van der Waals surface area contributed by atoms with E-state index >= 15 is 0 Å². The van der Waals surface area contributed by atoms with Crippen LogP contribution in [-0.2, 0) is 32.5 Å². The van der Waals surface area contributed by atoms with Crippen LogP contribution in [0.15, 0.2) is 48.5 Å². The van der Waals surface area contributed by atoms with Crippen molar-refractivity contribution in [3.63, 3.8) is 0 Å². The van der Waals surface area contributed by atoms with Crippen molar-refractivity contribution in [1.82, 2.24) is 0 Å². The van der Waals surface area contributed by atoms with Gasteiger partial charge in [-0.15, -0.1) is 0 Å². The fourth-order valence-corrected chi connectivity index (χ4v) is 3.09. The lowest BCUT2D eigenvalue weighted by Gasteiger charge is -2.14. The number of benzene rings is 2. The maximum atomic E-state index is 11.6. The summed E-state index contributed by atoms with van der Waals surface area (Å²) in [5, 5.41) is 0. The van der Waals surface area contributed by atoms with Crippen molar-refractivity contribution in [3.05, 3.63) is 59.7 Å². The molecule has 0 aliphatic carbocycles. The van der Waals surface area contributed by atoms with E-state index in [4.69, 9.17) is 13.7 Å². The van der Waals surface area contributed by atoms with Crippen LogP contribution in [0.4, 0.5) is 0 Å². The molecule has 7 heteroatoms. The molecule has 0 aliphatic heterocycles. The first-order valence-electron chi connectivity index (χ1n) is 9.09. The van der Waals surface area contributed by atoms with E-state index in [0.717, 1.165) is 23.1 Å². The number of ketones is 1. The van der Waals surface area contributed by atoms with Crippen molar-refractivity contribution in [1.29, 1.82) is 0 Å². The molecule has 0 heterocycles. The zero-order chi connectivity index (χ0) is 20.6. The molecule has 1 atom stereocenters. The largest absolute Gasteiger partial charge is 0.493 e. The molecule has 0 saturated heterocycles. The molecule has 0 spiro atoms. The Morgan fingerprint density at radius 2 is 1.54 bits per heavy atom. The number of Topliss-reactive ketones (excluding diaryl/α,β-unsaturated/α-hetero) is 1. The Hall–Kier alpha value is -2.38. The van der Waals surface area contributed by atoms with Crippen LogP contribution in [0.5, 0.6) is 11.5 Å². The van der Waals surface area contributed by atoms with Gasteiger partial charge in [0.1, 0.15) is 17.6 Å². The third-order valence-corrected chi connectivity index (χ3v) is 4.49. The first kappa shape index (κ1) is 21.9. The summed E-state index contributed by atoms with van der Waals surface area (Å²) >= 11 is 0. The molecule has 0 fully saturated rings. The standard InChI is InChI=1S/C21H26O6S/c1-4-25-21(16(2)22)15-18-7-9-19(10-8-18)26-14-13-17-5-11-20(12-6-17)27-28(3,23)24/h5-12,21H,4,13-15H2,1-3H3/t21-/m0/s1. The number of rotatable bonds is 11. The van der Waals surface area contributed by atoms with Gasteiger partial charge in [-0.3, -0.25) is 4.79 Å². The summed E-state index contributed by atoms with van der Waals surface area (Å²) in [5.41, 5.74) is 2.03. The monoisotopic (exact) mass is 406 g/mol. The Bertz CT molecular complexity index is 857. The van der Waals surface area contributed by atoms with E-state index in [-0.39, 0.29) is 5.78 Å². The Balaban J connectivity index is 1.82. The van der Waals surface area contributed by atoms with Gasteiger partial charge in [-0.05, 0) is 49.2 Å². The minimum atomic E-state index is -3.51. The highest BCUT2D eigenvalue weighted by atomic mass is 32.2. The average molecular weight is 407 g/mol. The van der Waals surface area contributed by atoms with Crippen molar-refractivity contribution >= 4 is 15.9 Å². The highest BCUT2D eigenvalue weighted by molar-refractivity contribution is 7.86. The molecule has 0 aromatic heterocycles. The van der Waals surface area contributed by atoms with Gasteiger partial charge in [0.2, 0.25) is 0 Å². The van der Waals surface area contributed by atoms with E-state index in [2.05, 4.69) is 0 Å².